The van der Waals surface area contributed by atoms with E-state index in [1.54, 1.807) is 23.5 Å². The minimum absolute atomic E-state index is 0.0307. The van der Waals surface area contributed by atoms with Crippen LogP contribution >= 0.6 is 23.5 Å². The van der Waals surface area contributed by atoms with Crippen molar-refractivity contribution in [1.82, 2.24) is 0 Å². The summed E-state index contributed by atoms with van der Waals surface area (Å²) in [5.74, 6) is 0.385. The fourth-order valence-corrected chi connectivity index (χ4v) is 4.67. The van der Waals surface area contributed by atoms with E-state index >= 15 is 0 Å². The Morgan fingerprint density at radius 2 is 2.00 bits per heavy atom. The summed E-state index contributed by atoms with van der Waals surface area (Å²) in [4.78, 5) is 12.1. The second-order valence-electron chi connectivity index (χ2n) is 4.26. The number of Topliss-reactive ketones (excluding diaryl/α,β-unsaturated/α-hetero) is 1. The van der Waals surface area contributed by atoms with Gasteiger partial charge in [-0.3, -0.25) is 4.79 Å². The first kappa shape index (κ1) is 13.9. The smallest absolute Gasteiger partial charge is 0.159 e. The van der Waals surface area contributed by atoms with Crippen LogP contribution < -0.4 is 0 Å². The standard InChI is InChI=1S/C13H14F2OS2/c1-8-13(18-5-4-17-8)12(16)7-9-2-3-10(14)11(15)6-9/h2-3,6,8,13H,4-5,7H2,1H3. The van der Waals surface area contributed by atoms with E-state index in [1.807, 2.05) is 6.92 Å². The fraction of sp³-hybridized carbons (Fsp3) is 0.462. The van der Waals surface area contributed by atoms with Gasteiger partial charge in [-0.1, -0.05) is 13.0 Å². The molecule has 1 heterocycles. The van der Waals surface area contributed by atoms with Gasteiger partial charge < -0.3 is 0 Å². The lowest BCUT2D eigenvalue weighted by Crippen LogP contribution is -2.32. The van der Waals surface area contributed by atoms with Crippen molar-refractivity contribution in [2.75, 3.05) is 11.5 Å². The van der Waals surface area contributed by atoms with E-state index in [4.69, 9.17) is 0 Å². The monoisotopic (exact) mass is 288 g/mol. The highest BCUT2D eigenvalue weighted by Gasteiger charge is 2.28. The quantitative estimate of drug-likeness (QED) is 0.849. The average Bonchev–Trinajstić information content (AvgIpc) is 2.34. The van der Waals surface area contributed by atoms with Crippen molar-refractivity contribution in [1.29, 1.82) is 0 Å². The molecule has 98 valence electrons. The molecule has 2 unspecified atom stereocenters. The van der Waals surface area contributed by atoms with E-state index in [-0.39, 0.29) is 17.5 Å². The molecule has 0 bridgehead atoms. The van der Waals surface area contributed by atoms with Gasteiger partial charge in [0.25, 0.3) is 0 Å². The van der Waals surface area contributed by atoms with E-state index in [0.717, 1.165) is 23.6 Å². The van der Waals surface area contributed by atoms with Crippen LogP contribution in [0.5, 0.6) is 0 Å². The van der Waals surface area contributed by atoms with Gasteiger partial charge in [0, 0.05) is 23.2 Å². The summed E-state index contributed by atoms with van der Waals surface area (Å²) in [7, 11) is 0. The predicted molar refractivity (Wildman–Crippen MR) is 73.2 cm³/mol. The first-order valence-electron chi connectivity index (χ1n) is 5.78. The molecule has 1 fully saturated rings. The normalized spacial score (nSPS) is 23.9. The van der Waals surface area contributed by atoms with E-state index in [9.17, 15) is 13.6 Å². The van der Waals surface area contributed by atoms with Crippen LogP contribution in [0.15, 0.2) is 18.2 Å². The van der Waals surface area contributed by atoms with Crippen molar-refractivity contribution >= 4 is 29.3 Å². The zero-order valence-electron chi connectivity index (χ0n) is 9.99. The maximum atomic E-state index is 13.1. The third kappa shape index (κ3) is 3.26. The number of halogens is 2. The van der Waals surface area contributed by atoms with Gasteiger partial charge in [-0.05, 0) is 17.7 Å². The van der Waals surface area contributed by atoms with Crippen LogP contribution in [0.1, 0.15) is 12.5 Å². The molecule has 0 radical (unpaired) electrons. The summed E-state index contributed by atoms with van der Waals surface area (Å²) < 4.78 is 25.8. The largest absolute Gasteiger partial charge is 0.298 e. The molecule has 2 rings (SSSR count). The maximum Gasteiger partial charge on any atom is 0.159 e. The molecule has 1 aliphatic rings. The van der Waals surface area contributed by atoms with Gasteiger partial charge in [-0.2, -0.15) is 11.8 Å². The first-order chi connectivity index (χ1) is 8.58. The number of carbonyl (C=O) groups is 1. The lowest BCUT2D eigenvalue weighted by molar-refractivity contribution is -0.117. The Morgan fingerprint density at radius 1 is 1.28 bits per heavy atom. The lowest BCUT2D eigenvalue weighted by atomic mass is 10.1. The highest BCUT2D eigenvalue weighted by atomic mass is 32.2. The molecule has 0 spiro atoms. The van der Waals surface area contributed by atoms with E-state index < -0.39 is 11.6 Å². The van der Waals surface area contributed by atoms with E-state index in [0.29, 0.717) is 10.8 Å². The molecule has 18 heavy (non-hydrogen) atoms. The van der Waals surface area contributed by atoms with E-state index in [2.05, 4.69) is 0 Å². The van der Waals surface area contributed by atoms with Crippen LogP contribution in [0.3, 0.4) is 0 Å². The third-order valence-corrected chi connectivity index (χ3v) is 6.01. The van der Waals surface area contributed by atoms with Crippen molar-refractivity contribution in [2.45, 2.75) is 23.8 Å². The number of carbonyl (C=O) groups excluding carboxylic acids is 1. The van der Waals surface area contributed by atoms with Crippen LogP contribution in [-0.2, 0) is 11.2 Å². The Kier molecular flexibility index (Phi) is 4.67. The molecule has 1 aromatic rings. The maximum absolute atomic E-state index is 13.1. The summed E-state index contributed by atoms with van der Waals surface area (Å²) in [6.45, 7) is 2.05. The minimum atomic E-state index is -0.890. The molecular formula is C13H14F2OS2. The molecule has 0 amide bonds. The third-order valence-electron chi connectivity index (χ3n) is 2.87. The van der Waals surface area contributed by atoms with Crippen molar-refractivity contribution in [3.63, 3.8) is 0 Å². The zero-order valence-corrected chi connectivity index (χ0v) is 11.6. The van der Waals surface area contributed by atoms with Gasteiger partial charge in [0.2, 0.25) is 0 Å². The predicted octanol–water partition coefficient (Wildman–Crippen LogP) is 3.31. The number of ketones is 1. The SMILES string of the molecule is CC1SCCSC1C(=O)Cc1ccc(F)c(F)c1. The Morgan fingerprint density at radius 3 is 2.67 bits per heavy atom. The summed E-state index contributed by atoms with van der Waals surface area (Å²) in [5, 5.41) is 0.262. The Labute approximate surface area is 114 Å². The molecule has 1 aliphatic heterocycles. The molecule has 5 heteroatoms. The molecule has 1 aromatic carbocycles. The molecule has 0 saturated carbocycles. The zero-order chi connectivity index (χ0) is 13.1. The molecule has 1 nitrogen and oxygen atoms in total. The van der Waals surface area contributed by atoms with Crippen molar-refractivity contribution < 1.29 is 13.6 Å². The number of thioether (sulfide) groups is 2. The number of rotatable bonds is 3. The first-order valence-corrected chi connectivity index (χ1v) is 7.87. The summed E-state index contributed by atoms with van der Waals surface area (Å²) in [5.41, 5.74) is 0.544. The van der Waals surface area contributed by atoms with Crippen LogP contribution in [0.25, 0.3) is 0 Å². The van der Waals surface area contributed by atoms with Crippen molar-refractivity contribution in [2.24, 2.45) is 0 Å². The average molecular weight is 288 g/mol. The van der Waals surface area contributed by atoms with Gasteiger partial charge in [0.05, 0.1) is 5.25 Å². The van der Waals surface area contributed by atoms with Crippen molar-refractivity contribution in [3.05, 3.63) is 35.4 Å². The number of hydrogen-bond donors (Lipinski definition) is 0. The molecule has 0 aliphatic carbocycles. The molecular weight excluding hydrogens is 274 g/mol. The van der Waals surface area contributed by atoms with E-state index in [1.165, 1.54) is 6.07 Å². The summed E-state index contributed by atoms with van der Waals surface area (Å²) >= 11 is 3.46. The molecule has 0 aromatic heterocycles. The van der Waals surface area contributed by atoms with Gasteiger partial charge >= 0.3 is 0 Å². The molecule has 2 atom stereocenters. The highest BCUT2D eigenvalue weighted by molar-refractivity contribution is 8.07. The fourth-order valence-electron chi connectivity index (χ4n) is 1.94. The summed E-state index contributed by atoms with van der Waals surface area (Å²) in [6, 6.07) is 3.66. The molecule has 1 saturated heterocycles. The van der Waals surface area contributed by atoms with Gasteiger partial charge in [0.15, 0.2) is 17.4 Å². The summed E-state index contributed by atoms with van der Waals surface area (Å²) in [6.07, 6.45) is 0.180. The minimum Gasteiger partial charge on any atom is -0.298 e. The number of benzene rings is 1. The second-order valence-corrected chi connectivity index (χ2v) is 6.99. The topological polar surface area (TPSA) is 17.1 Å². The highest BCUT2D eigenvalue weighted by Crippen LogP contribution is 2.32. The van der Waals surface area contributed by atoms with Gasteiger partial charge in [0.1, 0.15) is 0 Å². The Balaban J connectivity index is 2.04. The lowest BCUT2D eigenvalue weighted by Gasteiger charge is -2.26. The Hall–Kier alpha value is -0.550. The second kappa shape index (κ2) is 6.06. The van der Waals surface area contributed by atoms with Crippen molar-refractivity contribution in [3.8, 4) is 0 Å². The Bertz CT molecular complexity index is 451. The molecule has 0 N–H and O–H groups in total. The van der Waals surface area contributed by atoms with Crippen LogP contribution in [0, 0.1) is 11.6 Å². The van der Waals surface area contributed by atoms with Gasteiger partial charge in [-0.15, -0.1) is 11.8 Å². The number of hydrogen-bond acceptors (Lipinski definition) is 3. The van der Waals surface area contributed by atoms with Crippen LogP contribution in [0.4, 0.5) is 8.78 Å². The van der Waals surface area contributed by atoms with Crippen LogP contribution in [0.2, 0.25) is 0 Å². The van der Waals surface area contributed by atoms with Gasteiger partial charge in [-0.25, -0.2) is 8.78 Å². The van der Waals surface area contributed by atoms with Crippen LogP contribution in [-0.4, -0.2) is 27.8 Å².